The molecule has 0 aliphatic rings. The number of benzene rings is 4. The maximum absolute atomic E-state index is 12.8. The second kappa shape index (κ2) is 33.2. The van der Waals surface area contributed by atoms with Gasteiger partial charge in [0.25, 0.3) is 0 Å². The summed E-state index contributed by atoms with van der Waals surface area (Å²) in [5, 5.41) is 68.9. The van der Waals surface area contributed by atoms with E-state index in [1.54, 1.807) is 0 Å². The standard InChI is InChI=1S/C27H27N5O22S7.5Na/c33-27-19-6-8-22(28-15-60(41,42)43)25(31-30-21-7-5-18(13-24(21)61(44,45)46)59(39,40)12-10-48-57-54-51-36)20(19)14-23(55-52-49-34)26(27)32-29-16-1-3-17(4-2-16)58(37,38)11-9-47-56-53-50-35;;;;;/h1-8,13-14,28,33-36H,9-12,15H2,(H,41,42,43)(H,44,45,46);;;;;/q;5*+1/p-5. The number of nitrogens with one attached hydrogen (secondary N) is 1. The number of sulfone groups is 2. The largest absolute Gasteiger partial charge is 1.00 e. The first-order valence-electron chi connectivity index (χ1n) is 15.4. The van der Waals surface area contributed by atoms with Gasteiger partial charge in [0.15, 0.2) is 50.1 Å². The van der Waals surface area contributed by atoms with E-state index in [4.69, 9.17) is 4.18 Å². The summed E-state index contributed by atoms with van der Waals surface area (Å²) in [5.74, 6) is -3.27. The summed E-state index contributed by atoms with van der Waals surface area (Å²) >= 11 is 0.299. The van der Waals surface area contributed by atoms with Crippen molar-refractivity contribution in [3.05, 3.63) is 60.7 Å². The number of fused-ring (bicyclic) bond motifs is 1. The van der Waals surface area contributed by atoms with Crippen LogP contribution in [0.4, 0.5) is 28.4 Å². The molecule has 0 saturated heterocycles. The molecule has 0 fully saturated rings. The Bertz CT molecular complexity index is 2700. The van der Waals surface area contributed by atoms with E-state index in [0.29, 0.717) is 6.07 Å². The normalized spacial score (nSPS) is 11.9. The fraction of sp³-hybridized carbons (Fsp3) is 0.185. The number of phenolic OH excluding ortho intramolecular Hbond substituents is 1. The SMILES string of the molecule is O=S(=O)([O-])CNc1ccc2c(O)c(N=Nc3ccc(S(=O)(=O)CCOSOO[O-])cc3)c(SOO[O-])cc2c1N=Nc1ccc(S(=O)(=O)CCOSOO[O-])cc1S(=O)(=O)[O-].[Na+].[Na+].[Na+].[Na+].[Na+]. The molecular formula is C27H22N5Na5O22S7. The fourth-order valence-electron chi connectivity index (χ4n) is 4.59. The third kappa shape index (κ3) is 21.8. The minimum atomic E-state index is -5.50. The molecule has 4 rings (SSSR count). The second-order valence-corrected chi connectivity index (χ2v) is 19.6. The smallest absolute Gasteiger partial charge is 0.747 e. The zero-order chi connectivity index (χ0) is 44.8. The van der Waals surface area contributed by atoms with Gasteiger partial charge in [-0.1, -0.05) is 0 Å². The molecule has 0 atom stereocenters. The van der Waals surface area contributed by atoms with Gasteiger partial charge in [0.05, 0.1) is 67.7 Å². The molecule has 27 nitrogen and oxygen atoms in total. The van der Waals surface area contributed by atoms with Gasteiger partial charge in [-0.05, 0) is 60.7 Å². The summed E-state index contributed by atoms with van der Waals surface area (Å²) in [6.07, 6.45) is 0. The van der Waals surface area contributed by atoms with Crippen molar-refractivity contribution in [3.8, 4) is 5.75 Å². The Labute approximate surface area is 498 Å². The van der Waals surface area contributed by atoms with E-state index in [2.05, 4.69) is 58.1 Å². The van der Waals surface area contributed by atoms with E-state index in [1.807, 2.05) is 0 Å². The molecule has 0 aromatic heterocycles. The Hall–Kier alpha value is 1.27. The first-order chi connectivity index (χ1) is 28.8. The summed E-state index contributed by atoms with van der Waals surface area (Å²) in [6.45, 7) is -0.973. The van der Waals surface area contributed by atoms with Crippen LogP contribution in [0.3, 0.4) is 0 Å². The number of rotatable bonds is 25. The average Bonchev–Trinajstić information content (AvgIpc) is 3.20. The zero-order valence-electron chi connectivity index (χ0n) is 34.5. The molecule has 4 aromatic carbocycles. The fourth-order valence-corrected chi connectivity index (χ4v) is 8.95. The number of nitrogens with zero attached hydrogens (tertiary/aromatic N) is 4. The van der Waals surface area contributed by atoms with Crippen LogP contribution in [0.1, 0.15) is 0 Å². The maximum Gasteiger partial charge on any atom is 1.00 e. The summed E-state index contributed by atoms with van der Waals surface area (Å²) in [6, 6.07) is 10.4. The molecule has 39 heteroatoms. The van der Waals surface area contributed by atoms with Gasteiger partial charge in [-0.25, -0.2) is 33.7 Å². The summed E-state index contributed by atoms with van der Waals surface area (Å²) < 4.78 is 144. The molecule has 0 spiro atoms. The molecule has 0 radical (unpaired) electrons. The van der Waals surface area contributed by atoms with Gasteiger partial charge in [0.2, 0.25) is 0 Å². The predicted octanol–water partition coefficient (Wildman–Crippen LogP) is -13.4. The van der Waals surface area contributed by atoms with Crippen molar-refractivity contribution in [1.29, 1.82) is 0 Å². The van der Waals surface area contributed by atoms with Crippen LogP contribution in [0.5, 0.6) is 5.75 Å². The molecule has 0 aliphatic heterocycles. The quantitative estimate of drug-likeness (QED) is 0.0118. The van der Waals surface area contributed by atoms with Crippen LogP contribution in [0, 0.1) is 0 Å². The van der Waals surface area contributed by atoms with Crippen molar-refractivity contribution in [2.75, 3.05) is 35.9 Å². The Balaban J connectivity index is 0. The first kappa shape index (κ1) is 69.3. The van der Waals surface area contributed by atoms with Crippen molar-refractivity contribution in [2.45, 2.75) is 19.6 Å². The van der Waals surface area contributed by atoms with Gasteiger partial charge in [-0.15, -0.1) is 24.0 Å². The summed E-state index contributed by atoms with van der Waals surface area (Å²) in [5.41, 5.74) is -1.84. The van der Waals surface area contributed by atoms with Crippen molar-refractivity contribution < 1.29 is 248 Å². The minimum absolute atomic E-state index is 0. The number of anilines is 1. The molecule has 66 heavy (non-hydrogen) atoms. The van der Waals surface area contributed by atoms with Gasteiger partial charge in [0, 0.05) is 10.8 Å². The van der Waals surface area contributed by atoms with Crippen LogP contribution in [0.2, 0.25) is 0 Å². The number of aromatic hydroxyl groups is 1. The van der Waals surface area contributed by atoms with E-state index < -0.39 is 96.5 Å². The topological polar surface area (TPSA) is 407 Å². The molecule has 0 saturated carbocycles. The molecule has 2 N–H and O–H groups in total. The zero-order valence-corrected chi connectivity index (χ0v) is 50.2. The van der Waals surface area contributed by atoms with Crippen LogP contribution in [0.25, 0.3) is 10.8 Å². The van der Waals surface area contributed by atoms with Gasteiger partial charge in [0.1, 0.15) is 43.2 Å². The average molecular weight is 1110 g/mol. The van der Waals surface area contributed by atoms with Gasteiger partial charge in [-0.2, -0.15) is 9.45 Å². The van der Waals surface area contributed by atoms with Crippen molar-refractivity contribution in [3.63, 3.8) is 0 Å². The van der Waals surface area contributed by atoms with E-state index >= 15 is 0 Å². The first-order valence-corrected chi connectivity index (χ1v) is 23.8. The van der Waals surface area contributed by atoms with Crippen LogP contribution < -0.4 is 169 Å². The van der Waals surface area contributed by atoms with Gasteiger partial charge >= 0.3 is 148 Å². The molecule has 0 aliphatic carbocycles. The van der Waals surface area contributed by atoms with E-state index in [0.717, 1.165) is 24.3 Å². The third-order valence-electron chi connectivity index (χ3n) is 7.15. The maximum atomic E-state index is 12.8. The molecular weight excluding hydrogens is 1090 g/mol. The van der Waals surface area contributed by atoms with E-state index in [9.17, 15) is 63.7 Å². The van der Waals surface area contributed by atoms with Gasteiger partial charge in [-0.3, -0.25) is 23.5 Å². The number of phenols is 1. The molecule has 334 valence electrons. The van der Waals surface area contributed by atoms with Gasteiger partial charge < -0.3 is 35.3 Å². The Morgan fingerprint density at radius 3 is 1.67 bits per heavy atom. The van der Waals surface area contributed by atoms with Crippen LogP contribution >= 0.6 is 36.7 Å². The summed E-state index contributed by atoms with van der Waals surface area (Å²) in [7, 11) is -18.7. The minimum Gasteiger partial charge on any atom is -0.747 e. The molecule has 0 unspecified atom stereocenters. The number of azo groups is 2. The van der Waals surface area contributed by atoms with E-state index in [-0.39, 0.29) is 223 Å². The van der Waals surface area contributed by atoms with Crippen molar-refractivity contribution in [1.82, 2.24) is 0 Å². The number of hydrogen-bond donors (Lipinski definition) is 2. The monoisotopic (exact) mass is 1110 g/mol. The summed E-state index contributed by atoms with van der Waals surface area (Å²) in [4.78, 5) is -2.29. The molecule has 0 heterocycles. The van der Waals surface area contributed by atoms with Crippen LogP contribution in [-0.4, -0.2) is 78.5 Å². The van der Waals surface area contributed by atoms with Crippen LogP contribution in [0.15, 0.2) is 101 Å². The van der Waals surface area contributed by atoms with Crippen molar-refractivity contribution >= 4 is 116 Å². The van der Waals surface area contributed by atoms with Crippen LogP contribution in [-0.2, 0) is 76.4 Å². The predicted molar refractivity (Wildman–Crippen MR) is 197 cm³/mol. The molecule has 0 amide bonds. The Kier molecular flexibility index (Phi) is 34.8. The third-order valence-corrected chi connectivity index (χ3v) is 13.2. The Morgan fingerprint density at radius 1 is 0.606 bits per heavy atom. The second-order valence-electron chi connectivity index (χ2n) is 10.9. The molecule has 0 bridgehead atoms. The van der Waals surface area contributed by atoms with Crippen molar-refractivity contribution in [2.24, 2.45) is 20.5 Å². The number of hydrogen-bond acceptors (Lipinski definition) is 30. The van der Waals surface area contributed by atoms with E-state index in [1.165, 1.54) is 30.3 Å². The Morgan fingerprint density at radius 2 is 1.14 bits per heavy atom. The molecule has 4 aromatic rings.